The molecule has 1 amide bonds. The summed E-state index contributed by atoms with van der Waals surface area (Å²) in [6.07, 6.45) is 1.92. The minimum Gasteiger partial charge on any atom is -0.358 e. The van der Waals surface area contributed by atoms with Gasteiger partial charge in [0.1, 0.15) is 0 Å². The molecule has 2 heterocycles. The van der Waals surface area contributed by atoms with Crippen LogP contribution in [0.15, 0.2) is 6.20 Å². The van der Waals surface area contributed by atoms with Gasteiger partial charge in [-0.2, -0.15) is 4.68 Å². The van der Waals surface area contributed by atoms with E-state index in [4.69, 9.17) is 0 Å². The van der Waals surface area contributed by atoms with Gasteiger partial charge in [0, 0.05) is 32.6 Å². The number of amides is 1. The summed E-state index contributed by atoms with van der Waals surface area (Å²) < 4.78 is 1.47. The Morgan fingerprint density at radius 1 is 1.53 bits per heavy atom. The molecule has 104 valence electrons. The maximum atomic E-state index is 11.9. The summed E-state index contributed by atoms with van der Waals surface area (Å²) in [7, 11) is 0. The highest BCUT2D eigenvalue weighted by atomic mass is 16.6. The number of carbonyl (C=O) groups is 1. The van der Waals surface area contributed by atoms with Gasteiger partial charge in [-0.25, -0.2) is 0 Å². The molecular formula is C11H17N5O3. The molecule has 0 atom stereocenters. The summed E-state index contributed by atoms with van der Waals surface area (Å²) in [4.78, 5) is 23.9. The lowest BCUT2D eigenvalue weighted by atomic mass is 10.3. The highest BCUT2D eigenvalue weighted by Crippen LogP contribution is 2.14. The number of nitrogens with zero attached hydrogens (tertiary/aromatic N) is 4. The molecule has 1 aromatic rings. The van der Waals surface area contributed by atoms with Gasteiger partial charge in [0.25, 0.3) is 0 Å². The maximum absolute atomic E-state index is 11.9. The summed E-state index contributed by atoms with van der Waals surface area (Å²) in [5.74, 6) is -0.0769. The third-order valence-electron chi connectivity index (χ3n) is 3.12. The van der Waals surface area contributed by atoms with E-state index in [2.05, 4.69) is 10.4 Å². The van der Waals surface area contributed by atoms with Gasteiger partial charge in [-0.05, 0) is 11.8 Å². The number of aromatic nitrogens is 2. The Balaban J connectivity index is 1.89. The summed E-state index contributed by atoms with van der Waals surface area (Å²) in [5, 5.41) is 17.7. The van der Waals surface area contributed by atoms with Gasteiger partial charge < -0.3 is 20.3 Å². The molecule has 1 N–H and O–H groups in total. The van der Waals surface area contributed by atoms with Crippen molar-refractivity contribution >= 4 is 11.7 Å². The molecule has 0 radical (unpaired) electrons. The lowest BCUT2D eigenvalue weighted by Gasteiger charge is -2.27. The molecule has 2 rings (SSSR count). The van der Waals surface area contributed by atoms with Crippen LogP contribution in [0.5, 0.6) is 0 Å². The van der Waals surface area contributed by atoms with Crippen LogP contribution < -0.4 is 5.32 Å². The van der Waals surface area contributed by atoms with Crippen LogP contribution in [0.4, 0.5) is 5.82 Å². The predicted octanol–water partition coefficient (Wildman–Crippen LogP) is -0.0784. The van der Waals surface area contributed by atoms with Gasteiger partial charge in [-0.3, -0.25) is 4.79 Å². The molecule has 8 nitrogen and oxygen atoms in total. The molecule has 0 aromatic carbocycles. The fourth-order valence-electron chi connectivity index (χ4n) is 2.09. The summed E-state index contributed by atoms with van der Waals surface area (Å²) in [6, 6.07) is 0. The number of nitrogens with one attached hydrogen (secondary N) is 1. The molecule has 0 saturated carbocycles. The van der Waals surface area contributed by atoms with E-state index in [0.717, 1.165) is 26.2 Å². The average Bonchev–Trinajstić information content (AvgIpc) is 2.78. The third kappa shape index (κ3) is 3.28. The molecule has 0 unspecified atom stereocenters. The molecule has 0 bridgehead atoms. The zero-order valence-electron chi connectivity index (χ0n) is 10.8. The van der Waals surface area contributed by atoms with Crippen LogP contribution in [0.25, 0.3) is 0 Å². The number of hydrogen-bond donors (Lipinski definition) is 1. The van der Waals surface area contributed by atoms with Crippen LogP contribution in [-0.4, -0.2) is 51.7 Å². The van der Waals surface area contributed by atoms with Crippen molar-refractivity contribution in [1.82, 2.24) is 20.0 Å². The van der Waals surface area contributed by atoms with Crippen molar-refractivity contribution in [2.45, 2.75) is 19.9 Å². The van der Waals surface area contributed by atoms with E-state index in [1.165, 1.54) is 4.68 Å². The van der Waals surface area contributed by atoms with Crippen molar-refractivity contribution in [3.63, 3.8) is 0 Å². The zero-order chi connectivity index (χ0) is 13.8. The summed E-state index contributed by atoms with van der Waals surface area (Å²) in [5.41, 5.74) is 0.514. The Morgan fingerprint density at radius 2 is 2.21 bits per heavy atom. The number of piperazine rings is 1. The Labute approximate surface area is 110 Å². The Bertz CT molecular complexity index is 479. The molecule has 1 aliphatic heterocycles. The second-order valence-electron chi connectivity index (χ2n) is 4.54. The standard InChI is InChI=1S/C11H17N5O3/c1-9-8-15(13-11(9)16(18)19)5-2-10(17)14-6-3-12-4-7-14/h8,12H,2-7H2,1H3. The van der Waals surface area contributed by atoms with E-state index >= 15 is 0 Å². The second kappa shape index (κ2) is 5.79. The van der Waals surface area contributed by atoms with Crippen molar-refractivity contribution in [2.24, 2.45) is 0 Å². The lowest BCUT2D eigenvalue weighted by Crippen LogP contribution is -2.46. The second-order valence-corrected chi connectivity index (χ2v) is 4.54. The van der Waals surface area contributed by atoms with Crippen LogP contribution >= 0.6 is 0 Å². The fraction of sp³-hybridized carbons (Fsp3) is 0.636. The average molecular weight is 267 g/mol. The molecular weight excluding hydrogens is 250 g/mol. The predicted molar refractivity (Wildman–Crippen MR) is 67.7 cm³/mol. The topological polar surface area (TPSA) is 93.3 Å². The van der Waals surface area contributed by atoms with E-state index in [0.29, 0.717) is 18.5 Å². The maximum Gasteiger partial charge on any atom is 0.392 e. The first kappa shape index (κ1) is 13.5. The number of nitro groups is 1. The molecule has 1 fully saturated rings. The van der Waals surface area contributed by atoms with Gasteiger partial charge in [-0.15, -0.1) is 0 Å². The van der Waals surface area contributed by atoms with Crippen molar-refractivity contribution in [3.05, 3.63) is 21.9 Å². The van der Waals surface area contributed by atoms with Gasteiger partial charge >= 0.3 is 5.82 Å². The molecule has 1 aromatic heterocycles. The first-order valence-electron chi connectivity index (χ1n) is 6.25. The van der Waals surface area contributed by atoms with Crippen LogP contribution in [0.3, 0.4) is 0 Å². The van der Waals surface area contributed by atoms with Crippen LogP contribution in [0.2, 0.25) is 0 Å². The molecule has 1 aliphatic rings. The van der Waals surface area contributed by atoms with E-state index < -0.39 is 4.92 Å². The van der Waals surface area contributed by atoms with Crippen molar-refractivity contribution < 1.29 is 9.72 Å². The van der Waals surface area contributed by atoms with Crippen LogP contribution in [0, 0.1) is 17.0 Å². The van der Waals surface area contributed by atoms with E-state index in [1.54, 1.807) is 18.0 Å². The first-order chi connectivity index (χ1) is 9.08. The number of rotatable bonds is 4. The Morgan fingerprint density at radius 3 is 2.79 bits per heavy atom. The third-order valence-corrected chi connectivity index (χ3v) is 3.12. The van der Waals surface area contributed by atoms with Gasteiger partial charge in [0.2, 0.25) is 5.91 Å². The number of carbonyl (C=O) groups excluding carboxylic acids is 1. The Kier molecular flexibility index (Phi) is 4.10. The fourth-order valence-corrected chi connectivity index (χ4v) is 2.09. The van der Waals surface area contributed by atoms with Crippen LogP contribution in [0.1, 0.15) is 12.0 Å². The quantitative estimate of drug-likeness (QED) is 0.608. The minimum absolute atomic E-state index is 0.0670. The highest BCUT2D eigenvalue weighted by molar-refractivity contribution is 5.76. The van der Waals surface area contributed by atoms with Crippen molar-refractivity contribution in [3.8, 4) is 0 Å². The molecule has 19 heavy (non-hydrogen) atoms. The number of aryl methyl sites for hydroxylation is 2. The molecule has 0 aliphatic carbocycles. The minimum atomic E-state index is -0.510. The smallest absolute Gasteiger partial charge is 0.358 e. The van der Waals surface area contributed by atoms with E-state index in [-0.39, 0.29) is 11.7 Å². The van der Waals surface area contributed by atoms with Gasteiger partial charge in [-0.1, -0.05) is 0 Å². The lowest BCUT2D eigenvalue weighted by molar-refractivity contribution is -0.390. The summed E-state index contributed by atoms with van der Waals surface area (Å²) >= 11 is 0. The molecule has 0 spiro atoms. The molecule has 8 heteroatoms. The van der Waals surface area contributed by atoms with Crippen molar-refractivity contribution in [2.75, 3.05) is 26.2 Å². The SMILES string of the molecule is Cc1cn(CCC(=O)N2CCNCC2)nc1[N+](=O)[O-]. The van der Waals surface area contributed by atoms with E-state index in [9.17, 15) is 14.9 Å². The largest absolute Gasteiger partial charge is 0.392 e. The van der Waals surface area contributed by atoms with Gasteiger partial charge in [0.15, 0.2) is 0 Å². The van der Waals surface area contributed by atoms with Gasteiger partial charge in [0.05, 0.1) is 23.4 Å². The monoisotopic (exact) mass is 267 g/mol. The first-order valence-corrected chi connectivity index (χ1v) is 6.25. The molecule has 1 saturated heterocycles. The summed E-state index contributed by atoms with van der Waals surface area (Å²) in [6.45, 7) is 5.08. The Hall–Kier alpha value is -1.96. The van der Waals surface area contributed by atoms with E-state index in [1.807, 2.05) is 0 Å². The normalized spacial score (nSPS) is 15.5. The zero-order valence-corrected chi connectivity index (χ0v) is 10.8. The van der Waals surface area contributed by atoms with Crippen molar-refractivity contribution in [1.29, 1.82) is 0 Å². The highest BCUT2D eigenvalue weighted by Gasteiger charge is 2.19. The van der Waals surface area contributed by atoms with Crippen LogP contribution in [-0.2, 0) is 11.3 Å². The number of hydrogen-bond acceptors (Lipinski definition) is 5.